The quantitative estimate of drug-likeness (QED) is 0.489. The Balaban J connectivity index is 2.38. The molecule has 0 aliphatic carbocycles. The van der Waals surface area contributed by atoms with E-state index in [1.54, 1.807) is 0 Å². The van der Waals surface area contributed by atoms with E-state index in [4.69, 9.17) is 17.3 Å². The number of nitrogen functional groups attached to an aromatic ring is 1. The van der Waals surface area contributed by atoms with Crippen LogP contribution < -0.4 is 11.3 Å². The number of nitrogens with one attached hydrogen (secondary N) is 1. The van der Waals surface area contributed by atoms with Crippen LogP contribution in [0.2, 0.25) is 0 Å². The summed E-state index contributed by atoms with van der Waals surface area (Å²) in [4.78, 5) is 21.3. The molecule has 0 radical (unpaired) electrons. The fourth-order valence-electron chi connectivity index (χ4n) is 1.29. The summed E-state index contributed by atoms with van der Waals surface area (Å²) in [6.07, 6.45) is -2.31. The van der Waals surface area contributed by atoms with Gasteiger partial charge in [-0.05, 0) is 0 Å². The Morgan fingerprint density at radius 3 is 3.06 bits per heavy atom. The van der Waals surface area contributed by atoms with Gasteiger partial charge in [-0.25, -0.2) is 4.98 Å². The molecule has 9 heteroatoms. The molecule has 0 saturated carbocycles. The topological polar surface area (TPSA) is 139 Å². The van der Waals surface area contributed by atoms with Crippen LogP contribution in [0.1, 0.15) is 6.85 Å². The molecule has 0 fully saturated rings. The van der Waals surface area contributed by atoms with Gasteiger partial charge in [0.2, 0.25) is 5.95 Å². The van der Waals surface area contributed by atoms with Crippen LogP contribution in [0.25, 0.3) is 11.2 Å². The number of anilines is 1. The Morgan fingerprint density at radius 2 is 2.39 bits per heavy atom. The third kappa shape index (κ3) is 2.32. The second-order valence-corrected chi connectivity index (χ2v) is 3.16. The van der Waals surface area contributed by atoms with Gasteiger partial charge in [0.25, 0.3) is 5.56 Å². The van der Waals surface area contributed by atoms with Crippen molar-refractivity contribution in [1.29, 1.82) is 0 Å². The van der Waals surface area contributed by atoms with Gasteiger partial charge in [0.1, 0.15) is 12.8 Å². The van der Waals surface area contributed by atoms with Gasteiger partial charge in [-0.1, -0.05) is 0 Å². The van der Waals surface area contributed by atoms with Gasteiger partial charge in [-0.15, -0.1) is 0 Å². The van der Waals surface area contributed by atoms with E-state index in [9.17, 15) is 15.0 Å². The molecule has 0 saturated heterocycles. The van der Waals surface area contributed by atoms with E-state index in [-0.39, 0.29) is 17.1 Å². The Morgan fingerprint density at radius 1 is 1.67 bits per heavy atom. The van der Waals surface area contributed by atoms with Crippen LogP contribution in [0.3, 0.4) is 0 Å². The Bertz CT molecular complexity index is 765. The highest BCUT2D eigenvalue weighted by atomic mass is 16.5. The molecule has 0 aliphatic rings. The first-order chi connectivity index (χ1) is 10.4. The van der Waals surface area contributed by atoms with E-state index in [1.165, 1.54) is 0 Å². The third-order valence-corrected chi connectivity index (χ3v) is 2.04. The van der Waals surface area contributed by atoms with Gasteiger partial charge < -0.3 is 20.7 Å². The number of nitrogens with zero attached hydrogens (tertiary/aromatic N) is 3. The van der Waals surface area contributed by atoms with Crippen molar-refractivity contribution in [2.45, 2.75) is 12.8 Å². The van der Waals surface area contributed by atoms with Crippen LogP contribution in [-0.2, 0) is 11.5 Å². The van der Waals surface area contributed by atoms with Gasteiger partial charge in [0.15, 0.2) is 11.2 Å². The summed E-state index contributed by atoms with van der Waals surface area (Å²) < 4.78 is 41.7. The van der Waals surface area contributed by atoms with Crippen LogP contribution in [0, 0.1) is 0 Å². The molecule has 2 rings (SSSR count). The molecule has 9 nitrogen and oxygen atoms in total. The fourth-order valence-corrected chi connectivity index (χ4v) is 1.29. The molecule has 0 bridgehead atoms. The van der Waals surface area contributed by atoms with Crippen molar-refractivity contribution in [3.63, 3.8) is 0 Å². The summed E-state index contributed by atoms with van der Waals surface area (Å²) >= 11 is 0. The maximum Gasteiger partial charge on any atom is 0.280 e. The van der Waals surface area contributed by atoms with Crippen molar-refractivity contribution in [3.8, 4) is 0 Å². The monoisotopic (exact) mass is 260 g/mol. The van der Waals surface area contributed by atoms with Crippen molar-refractivity contribution >= 4 is 17.1 Å². The van der Waals surface area contributed by atoms with Gasteiger partial charge in [-0.3, -0.25) is 14.3 Å². The Kier molecular flexibility index (Phi) is 2.12. The van der Waals surface area contributed by atoms with Gasteiger partial charge in [0.05, 0.1) is 26.3 Å². The number of aliphatic hydroxyl groups is 2. The number of H-pyrrole nitrogens is 1. The smallest absolute Gasteiger partial charge is 0.280 e. The summed E-state index contributed by atoms with van der Waals surface area (Å²) in [7, 11) is 0. The number of imidazole rings is 1. The highest BCUT2D eigenvalue weighted by Gasteiger charge is 2.11. The highest BCUT2D eigenvalue weighted by Crippen LogP contribution is 2.07. The van der Waals surface area contributed by atoms with Crippen molar-refractivity contribution in [3.05, 3.63) is 16.7 Å². The molecule has 0 aliphatic heterocycles. The summed E-state index contributed by atoms with van der Waals surface area (Å²) in [5.74, 6) is -0.226. The van der Waals surface area contributed by atoms with E-state index < -0.39 is 31.5 Å². The van der Waals surface area contributed by atoms with Crippen molar-refractivity contribution < 1.29 is 21.8 Å². The minimum Gasteiger partial charge on any atom is -0.394 e. The normalized spacial score (nSPS) is 17.8. The maximum absolute atomic E-state index is 11.6. The van der Waals surface area contributed by atoms with Gasteiger partial charge in [0, 0.05) is 0 Å². The van der Waals surface area contributed by atoms with E-state index in [0.717, 1.165) is 10.9 Å². The largest absolute Gasteiger partial charge is 0.394 e. The van der Waals surface area contributed by atoms with Crippen LogP contribution in [0.5, 0.6) is 0 Å². The molecule has 0 aromatic carbocycles. The highest BCUT2D eigenvalue weighted by molar-refractivity contribution is 5.70. The number of hydrogen-bond acceptors (Lipinski definition) is 7. The minimum absolute atomic E-state index is 0.0643. The van der Waals surface area contributed by atoms with Crippen LogP contribution in [-0.4, -0.2) is 48.9 Å². The number of aromatic nitrogens is 4. The molecule has 0 atom stereocenters. The predicted octanol–water partition coefficient (Wildman–Crippen LogP) is -1.97. The first kappa shape index (κ1) is 7.46. The predicted molar refractivity (Wildman–Crippen MR) is 61.6 cm³/mol. The summed E-state index contributed by atoms with van der Waals surface area (Å²) in [6.45, 7) is -7.81. The summed E-state index contributed by atoms with van der Waals surface area (Å²) in [5.41, 5.74) is 4.57. The van der Waals surface area contributed by atoms with Crippen molar-refractivity contribution in [2.24, 2.45) is 0 Å². The maximum atomic E-state index is 11.6. The number of rotatable bonds is 5. The van der Waals surface area contributed by atoms with Crippen molar-refractivity contribution in [1.82, 2.24) is 19.5 Å². The third-order valence-electron chi connectivity index (χ3n) is 2.04. The average Bonchev–Trinajstić information content (AvgIpc) is 2.76. The standard InChI is InChI=1S/C9H13N5O4/c10-9-12-7-6(8(17)13-9)11-3-14(7)4-18-5(1-15)2-16/h3,5,15-16H,1-2,4H2,(H3,10,12,13,17)/i1D2,2D2,5D. The molecule has 2 aromatic rings. The molecular formula is C9H13N5O4. The van der Waals surface area contributed by atoms with Gasteiger partial charge >= 0.3 is 0 Å². The van der Waals surface area contributed by atoms with Crippen LogP contribution in [0.4, 0.5) is 5.95 Å². The van der Waals surface area contributed by atoms with Crippen molar-refractivity contribution in [2.75, 3.05) is 18.9 Å². The zero-order valence-corrected chi connectivity index (χ0v) is 8.91. The Labute approximate surface area is 108 Å². The van der Waals surface area contributed by atoms with E-state index in [1.807, 2.05) is 0 Å². The lowest BCUT2D eigenvalue weighted by molar-refractivity contribution is -0.0488. The molecule has 18 heavy (non-hydrogen) atoms. The lowest BCUT2D eigenvalue weighted by atomic mass is 10.4. The average molecular weight is 260 g/mol. The fraction of sp³-hybridized carbons (Fsp3) is 0.444. The number of nitrogens with two attached hydrogens (primary N) is 1. The SMILES string of the molecule is [2H]C([2H])(O)C([2H])(OCn1cnc2c(=O)[nH]c(N)nc21)C([2H])([2H])O. The number of aromatic amines is 1. The first-order valence-electron chi connectivity index (χ1n) is 7.16. The first-order valence-corrected chi connectivity index (χ1v) is 4.66. The molecule has 0 spiro atoms. The zero-order chi connectivity index (χ0) is 17.6. The summed E-state index contributed by atoms with van der Waals surface area (Å²) in [5, 5.41) is 18.6. The molecule has 0 amide bonds. The molecule has 2 aromatic heterocycles. The second-order valence-electron chi connectivity index (χ2n) is 3.16. The molecule has 2 heterocycles. The van der Waals surface area contributed by atoms with E-state index in [2.05, 4.69) is 15.0 Å². The molecule has 5 N–H and O–H groups in total. The van der Waals surface area contributed by atoms with Crippen LogP contribution in [0.15, 0.2) is 11.1 Å². The number of fused-ring (bicyclic) bond motifs is 1. The molecule has 0 unspecified atom stereocenters. The van der Waals surface area contributed by atoms with E-state index in [0.29, 0.717) is 0 Å². The lowest BCUT2D eigenvalue weighted by Gasteiger charge is -2.12. The number of hydrogen-bond donors (Lipinski definition) is 4. The minimum atomic E-state index is -3.54. The molecule has 98 valence electrons. The lowest BCUT2D eigenvalue weighted by Crippen LogP contribution is -2.23. The zero-order valence-electron chi connectivity index (χ0n) is 13.9. The molecular weight excluding hydrogens is 242 g/mol. The van der Waals surface area contributed by atoms with Gasteiger partial charge in [-0.2, -0.15) is 4.98 Å². The number of ether oxygens (including phenoxy) is 1. The van der Waals surface area contributed by atoms with Crippen LogP contribution >= 0.6 is 0 Å². The summed E-state index contributed by atoms with van der Waals surface area (Å²) in [6, 6.07) is 0. The van der Waals surface area contributed by atoms with E-state index >= 15 is 0 Å². The Hall–Kier alpha value is -1.97. The second kappa shape index (κ2) is 5.12.